The zero-order valence-electron chi connectivity index (χ0n) is 18.1. The van der Waals surface area contributed by atoms with E-state index in [1.165, 1.54) is 11.5 Å². The number of carbonyl (C=O) groups is 1. The topological polar surface area (TPSA) is 96.1 Å². The summed E-state index contributed by atoms with van der Waals surface area (Å²) in [5.74, 6) is 0.693. The zero-order chi connectivity index (χ0) is 22.7. The van der Waals surface area contributed by atoms with E-state index in [2.05, 4.69) is 10.3 Å². The summed E-state index contributed by atoms with van der Waals surface area (Å²) in [4.78, 5) is 31.0. The fraction of sp³-hybridized carbons (Fsp3) is 0.261. The van der Waals surface area contributed by atoms with Crippen LogP contribution in [0.1, 0.15) is 16.9 Å². The molecule has 0 saturated heterocycles. The monoisotopic (exact) mass is 436 g/mol. The van der Waals surface area contributed by atoms with Gasteiger partial charge < -0.3 is 24.1 Å². The Labute approximate surface area is 184 Å². The van der Waals surface area contributed by atoms with Crippen LogP contribution in [0.4, 0.5) is 5.69 Å². The largest absolute Gasteiger partial charge is 0.497 e. The van der Waals surface area contributed by atoms with E-state index in [1.807, 2.05) is 6.07 Å². The quantitative estimate of drug-likeness (QED) is 0.427. The molecule has 0 fully saturated rings. The van der Waals surface area contributed by atoms with Crippen LogP contribution < -0.4 is 20.3 Å². The number of nitrogens with one attached hydrogen (secondary N) is 1. The van der Waals surface area contributed by atoms with E-state index in [9.17, 15) is 9.59 Å². The lowest BCUT2D eigenvalue weighted by atomic mass is 10.2. The van der Waals surface area contributed by atoms with Gasteiger partial charge in [-0.05, 0) is 36.8 Å². The Morgan fingerprint density at radius 1 is 1.09 bits per heavy atom. The van der Waals surface area contributed by atoms with Crippen molar-refractivity contribution in [1.29, 1.82) is 0 Å². The number of amides is 1. The molecule has 32 heavy (non-hydrogen) atoms. The Morgan fingerprint density at radius 2 is 1.94 bits per heavy atom. The lowest BCUT2D eigenvalue weighted by molar-refractivity contribution is 0.101. The molecule has 1 amide bonds. The first kappa shape index (κ1) is 21.4. The minimum atomic E-state index is -0.377. The molecule has 0 bridgehead atoms. The van der Waals surface area contributed by atoms with Crippen molar-refractivity contribution in [3.63, 3.8) is 0 Å². The van der Waals surface area contributed by atoms with Crippen LogP contribution in [-0.2, 0) is 11.3 Å². The van der Waals surface area contributed by atoms with Crippen LogP contribution in [0.15, 0.2) is 53.5 Å². The van der Waals surface area contributed by atoms with E-state index in [4.69, 9.17) is 14.2 Å². The number of nitrogens with zero attached hydrogens (tertiary/aromatic N) is 3. The lowest BCUT2D eigenvalue weighted by Crippen LogP contribution is -2.18. The molecule has 0 aliphatic heterocycles. The highest BCUT2D eigenvalue weighted by molar-refractivity contribution is 6.06. The Hall–Kier alpha value is -3.85. The molecule has 3 aromatic heterocycles. The summed E-state index contributed by atoms with van der Waals surface area (Å²) in [7, 11) is 4.69. The Morgan fingerprint density at radius 3 is 2.69 bits per heavy atom. The second-order valence-corrected chi connectivity index (χ2v) is 7.13. The van der Waals surface area contributed by atoms with Crippen LogP contribution in [-0.4, -0.2) is 47.8 Å². The van der Waals surface area contributed by atoms with Gasteiger partial charge in [-0.25, -0.2) is 4.98 Å². The second-order valence-electron chi connectivity index (χ2n) is 7.13. The second kappa shape index (κ2) is 9.11. The van der Waals surface area contributed by atoms with Crippen LogP contribution in [0.2, 0.25) is 0 Å². The number of pyridine rings is 1. The normalized spacial score (nSPS) is 11.1. The van der Waals surface area contributed by atoms with Crippen LogP contribution in [0.3, 0.4) is 0 Å². The van der Waals surface area contributed by atoms with Crippen molar-refractivity contribution >= 4 is 28.3 Å². The molecule has 0 aliphatic carbocycles. The third-order valence-corrected chi connectivity index (χ3v) is 5.20. The average molecular weight is 436 g/mol. The Kier molecular flexibility index (Phi) is 6.09. The highest BCUT2D eigenvalue weighted by Gasteiger charge is 2.21. The molecule has 9 heteroatoms. The number of methoxy groups -OCH3 is 3. The van der Waals surface area contributed by atoms with Crippen LogP contribution in [0.5, 0.6) is 11.5 Å². The van der Waals surface area contributed by atoms with Crippen molar-refractivity contribution in [2.75, 3.05) is 33.3 Å². The molecule has 4 rings (SSSR count). The zero-order valence-corrected chi connectivity index (χ0v) is 18.1. The van der Waals surface area contributed by atoms with Crippen LogP contribution in [0.25, 0.3) is 16.7 Å². The maximum absolute atomic E-state index is 13.3. The minimum Gasteiger partial charge on any atom is -0.497 e. The highest BCUT2D eigenvalue weighted by atomic mass is 16.5. The Balaban J connectivity index is 1.80. The maximum Gasteiger partial charge on any atom is 0.272 e. The van der Waals surface area contributed by atoms with E-state index >= 15 is 0 Å². The van der Waals surface area contributed by atoms with Gasteiger partial charge in [0.15, 0.2) is 0 Å². The molecule has 1 aromatic carbocycles. The minimum absolute atomic E-state index is 0.229. The smallest absolute Gasteiger partial charge is 0.272 e. The van der Waals surface area contributed by atoms with Crippen molar-refractivity contribution < 1.29 is 19.0 Å². The molecule has 3 heterocycles. The lowest BCUT2D eigenvalue weighted by Gasteiger charge is -2.13. The summed E-state index contributed by atoms with van der Waals surface area (Å²) >= 11 is 0. The molecule has 166 valence electrons. The van der Waals surface area contributed by atoms with E-state index in [-0.39, 0.29) is 11.5 Å². The van der Waals surface area contributed by atoms with E-state index in [0.717, 1.165) is 0 Å². The third-order valence-electron chi connectivity index (χ3n) is 5.20. The molecular weight excluding hydrogens is 412 g/mol. The van der Waals surface area contributed by atoms with Gasteiger partial charge in [0.25, 0.3) is 11.5 Å². The van der Waals surface area contributed by atoms with Gasteiger partial charge in [-0.1, -0.05) is 6.07 Å². The van der Waals surface area contributed by atoms with E-state index in [0.29, 0.717) is 59.1 Å². The SMILES string of the molecule is COCCCn1c(C(=O)Nc2ccc(OC)cc2OC)cc2c(=O)n3ccccc3nc21. The van der Waals surface area contributed by atoms with Crippen molar-refractivity contribution in [1.82, 2.24) is 14.0 Å². The maximum atomic E-state index is 13.3. The molecule has 0 atom stereocenters. The first-order valence-electron chi connectivity index (χ1n) is 10.1. The van der Waals surface area contributed by atoms with Crippen molar-refractivity contribution in [3.8, 4) is 11.5 Å². The first-order chi connectivity index (χ1) is 15.6. The summed E-state index contributed by atoms with van der Waals surface area (Å²) in [5, 5.41) is 3.25. The summed E-state index contributed by atoms with van der Waals surface area (Å²) in [5.41, 5.74) is 1.56. The predicted molar refractivity (Wildman–Crippen MR) is 121 cm³/mol. The standard InChI is InChI=1S/C23H24N4O5/c1-30-12-6-11-26-18(22(28)24-17-9-8-15(31-2)13-19(17)32-3)14-16-21(26)25-20-7-4-5-10-27(20)23(16)29/h4-5,7-10,13-14H,6,11-12H2,1-3H3,(H,24,28). The summed E-state index contributed by atoms with van der Waals surface area (Å²) in [6, 6.07) is 12.0. The van der Waals surface area contributed by atoms with Gasteiger partial charge >= 0.3 is 0 Å². The number of benzene rings is 1. The highest BCUT2D eigenvalue weighted by Crippen LogP contribution is 2.30. The van der Waals surface area contributed by atoms with Gasteiger partial charge in [-0.3, -0.25) is 14.0 Å². The summed E-state index contributed by atoms with van der Waals surface area (Å²) in [6.07, 6.45) is 2.32. The molecule has 4 aromatic rings. The van der Waals surface area contributed by atoms with Gasteiger partial charge in [0.1, 0.15) is 28.5 Å². The number of fused-ring (bicyclic) bond motifs is 2. The van der Waals surface area contributed by atoms with Gasteiger partial charge in [0.05, 0.1) is 25.3 Å². The van der Waals surface area contributed by atoms with E-state index < -0.39 is 0 Å². The molecule has 0 aliphatic rings. The van der Waals surface area contributed by atoms with Gasteiger partial charge in [0.2, 0.25) is 0 Å². The van der Waals surface area contributed by atoms with Gasteiger partial charge in [-0.15, -0.1) is 0 Å². The predicted octanol–water partition coefficient (Wildman–Crippen LogP) is 2.96. The molecule has 0 saturated carbocycles. The number of rotatable bonds is 8. The van der Waals surface area contributed by atoms with Gasteiger partial charge in [0, 0.05) is 32.5 Å². The number of aryl methyl sites for hydroxylation is 1. The van der Waals surface area contributed by atoms with E-state index in [1.54, 1.807) is 61.4 Å². The van der Waals surface area contributed by atoms with Crippen LogP contribution in [0, 0.1) is 0 Å². The number of carbonyl (C=O) groups excluding carboxylic acids is 1. The molecule has 0 unspecified atom stereocenters. The molecular formula is C23H24N4O5. The van der Waals surface area contributed by atoms with Crippen molar-refractivity contribution in [2.45, 2.75) is 13.0 Å². The molecule has 0 radical (unpaired) electrons. The summed E-state index contributed by atoms with van der Waals surface area (Å²) in [6.45, 7) is 0.981. The Bertz CT molecular complexity index is 1340. The average Bonchev–Trinajstić information content (AvgIpc) is 3.18. The fourth-order valence-electron chi connectivity index (χ4n) is 3.62. The number of anilines is 1. The molecule has 9 nitrogen and oxygen atoms in total. The number of hydrogen-bond donors (Lipinski definition) is 1. The van der Waals surface area contributed by atoms with Crippen LogP contribution >= 0.6 is 0 Å². The third kappa shape index (κ3) is 3.90. The fourth-order valence-corrected chi connectivity index (χ4v) is 3.62. The van der Waals surface area contributed by atoms with Crippen molar-refractivity contribution in [3.05, 3.63) is 64.7 Å². The number of ether oxygens (including phenoxy) is 3. The van der Waals surface area contributed by atoms with Crippen molar-refractivity contribution in [2.24, 2.45) is 0 Å². The molecule has 1 N–H and O–H groups in total. The van der Waals surface area contributed by atoms with Gasteiger partial charge in [-0.2, -0.15) is 0 Å². The molecule has 0 spiro atoms. The first-order valence-corrected chi connectivity index (χ1v) is 10.1. The summed E-state index contributed by atoms with van der Waals surface area (Å²) < 4.78 is 19.0. The number of aromatic nitrogens is 3. The number of hydrogen-bond acceptors (Lipinski definition) is 6.